The Kier molecular flexibility index (Phi) is 4.52. The number of likely N-dealkylation sites (N-methyl/N-ethyl adjacent to an activating group) is 1. The maximum absolute atomic E-state index is 12.0. The fraction of sp³-hybridized carbons (Fsp3) is 0.938. The van der Waals surface area contributed by atoms with Crippen molar-refractivity contribution in [2.24, 2.45) is 5.92 Å². The van der Waals surface area contributed by atoms with Crippen LogP contribution in [-0.2, 0) is 4.79 Å². The van der Waals surface area contributed by atoms with E-state index in [1.807, 2.05) is 6.92 Å². The monoisotopic (exact) mass is 295 g/mol. The third-order valence-corrected chi connectivity index (χ3v) is 5.51. The van der Waals surface area contributed by atoms with Crippen LogP contribution in [0, 0.1) is 5.92 Å². The molecule has 2 aliphatic heterocycles. The molecule has 120 valence electrons. The summed E-state index contributed by atoms with van der Waals surface area (Å²) in [6.07, 6.45) is 5.87. The average molecular weight is 295 g/mol. The Morgan fingerprint density at radius 1 is 1.24 bits per heavy atom. The van der Waals surface area contributed by atoms with Crippen LogP contribution in [0.5, 0.6) is 0 Å². The van der Waals surface area contributed by atoms with Crippen LogP contribution in [0.1, 0.15) is 39.0 Å². The lowest BCUT2D eigenvalue weighted by molar-refractivity contribution is -0.147. The standard InChI is InChI=1S/C16H29N3O2/c1-2-17-16(15(20)21,13-6-7-13)12-18-8-4-10-19-9-3-5-14(19)11-18/h13-14,17H,2-12H2,1H3,(H,20,21). The van der Waals surface area contributed by atoms with Crippen LogP contribution in [0.3, 0.4) is 0 Å². The van der Waals surface area contributed by atoms with E-state index >= 15 is 0 Å². The van der Waals surface area contributed by atoms with Gasteiger partial charge in [0.25, 0.3) is 0 Å². The van der Waals surface area contributed by atoms with Gasteiger partial charge in [-0.2, -0.15) is 0 Å². The van der Waals surface area contributed by atoms with Gasteiger partial charge < -0.3 is 10.4 Å². The predicted molar refractivity (Wildman–Crippen MR) is 82.4 cm³/mol. The predicted octanol–water partition coefficient (Wildman–Crippen LogP) is 0.999. The third-order valence-electron chi connectivity index (χ3n) is 5.51. The normalized spacial score (nSPS) is 30.6. The van der Waals surface area contributed by atoms with Gasteiger partial charge in [0.05, 0.1) is 0 Å². The van der Waals surface area contributed by atoms with Crippen LogP contribution in [0.25, 0.3) is 0 Å². The summed E-state index contributed by atoms with van der Waals surface area (Å²) in [6, 6.07) is 0.653. The first-order chi connectivity index (χ1) is 10.2. The second-order valence-electron chi connectivity index (χ2n) is 7.00. The number of hydrogen-bond donors (Lipinski definition) is 2. The molecule has 0 aromatic carbocycles. The van der Waals surface area contributed by atoms with E-state index in [9.17, 15) is 9.90 Å². The van der Waals surface area contributed by atoms with Crippen LogP contribution < -0.4 is 5.32 Å². The number of carboxylic acid groups (broad SMARTS) is 1. The lowest BCUT2D eigenvalue weighted by Crippen LogP contribution is -2.61. The maximum atomic E-state index is 12.0. The molecule has 0 aromatic rings. The number of nitrogens with zero attached hydrogens (tertiary/aromatic N) is 2. The van der Waals surface area contributed by atoms with E-state index in [2.05, 4.69) is 15.1 Å². The van der Waals surface area contributed by atoms with E-state index in [1.54, 1.807) is 0 Å². The van der Waals surface area contributed by atoms with Gasteiger partial charge in [0, 0.05) is 19.1 Å². The molecule has 0 amide bonds. The van der Waals surface area contributed by atoms with Crippen LogP contribution in [0.4, 0.5) is 0 Å². The van der Waals surface area contributed by atoms with Crippen LogP contribution in [-0.4, -0.2) is 71.7 Å². The van der Waals surface area contributed by atoms with Gasteiger partial charge >= 0.3 is 5.97 Å². The van der Waals surface area contributed by atoms with Gasteiger partial charge in [0.2, 0.25) is 0 Å². The average Bonchev–Trinajstić information content (AvgIpc) is 3.23. The van der Waals surface area contributed by atoms with Gasteiger partial charge in [-0.1, -0.05) is 6.92 Å². The van der Waals surface area contributed by atoms with Crippen LogP contribution in [0.15, 0.2) is 0 Å². The highest BCUT2D eigenvalue weighted by Gasteiger charge is 2.51. The summed E-state index contributed by atoms with van der Waals surface area (Å²) in [4.78, 5) is 17.0. The number of aliphatic carboxylic acids is 1. The number of rotatable bonds is 6. The summed E-state index contributed by atoms with van der Waals surface area (Å²) < 4.78 is 0. The largest absolute Gasteiger partial charge is 0.480 e. The second-order valence-corrected chi connectivity index (χ2v) is 7.00. The Labute approximate surface area is 127 Å². The minimum absolute atomic E-state index is 0.317. The molecule has 2 N–H and O–H groups in total. The summed E-state index contributed by atoms with van der Waals surface area (Å²) in [6.45, 7) is 7.93. The van der Waals surface area contributed by atoms with E-state index in [-0.39, 0.29) is 0 Å². The molecule has 2 unspecified atom stereocenters. The van der Waals surface area contributed by atoms with Gasteiger partial charge in [-0.15, -0.1) is 0 Å². The molecule has 3 rings (SSSR count). The molecule has 5 nitrogen and oxygen atoms in total. The minimum atomic E-state index is -0.720. The van der Waals surface area contributed by atoms with E-state index in [0.29, 0.717) is 18.5 Å². The van der Waals surface area contributed by atoms with Crippen LogP contribution in [0.2, 0.25) is 0 Å². The zero-order valence-corrected chi connectivity index (χ0v) is 13.2. The van der Waals surface area contributed by atoms with Gasteiger partial charge in [-0.05, 0) is 64.2 Å². The molecule has 5 heteroatoms. The van der Waals surface area contributed by atoms with E-state index in [1.165, 1.54) is 32.4 Å². The molecule has 2 saturated heterocycles. The summed E-state index contributed by atoms with van der Waals surface area (Å²) >= 11 is 0. The molecule has 2 heterocycles. The first kappa shape index (κ1) is 15.3. The van der Waals surface area contributed by atoms with Gasteiger partial charge in [-0.25, -0.2) is 0 Å². The number of carbonyl (C=O) groups is 1. The molecule has 21 heavy (non-hydrogen) atoms. The maximum Gasteiger partial charge on any atom is 0.325 e. The molecular formula is C16H29N3O2. The van der Waals surface area contributed by atoms with Crippen LogP contribution >= 0.6 is 0 Å². The van der Waals surface area contributed by atoms with Crippen molar-refractivity contribution < 1.29 is 9.90 Å². The Morgan fingerprint density at radius 3 is 2.67 bits per heavy atom. The highest BCUT2D eigenvalue weighted by molar-refractivity contribution is 5.80. The molecule has 1 saturated carbocycles. The Morgan fingerprint density at radius 2 is 2.00 bits per heavy atom. The van der Waals surface area contributed by atoms with Crippen molar-refractivity contribution >= 4 is 5.97 Å². The Bertz CT molecular complexity index is 386. The van der Waals surface area contributed by atoms with E-state index in [4.69, 9.17) is 0 Å². The summed E-state index contributed by atoms with van der Waals surface area (Å²) in [5.41, 5.74) is -0.720. The Hall–Kier alpha value is -0.650. The fourth-order valence-electron chi connectivity index (χ4n) is 4.32. The van der Waals surface area contributed by atoms with Crippen molar-refractivity contribution in [3.8, 4) is 0 Å². The van der Waals surface area contributed by atoms with Crippen molar-refractivity contribution in [1.29, 1.82) is 0 Å². The number of carboxylic acids is 1. The molecule has 3 fully saturated rings. The van der Waals surface area contributed by atoms with Crippen molar-refractivity contribution in [1.82, 2.24) is 15.1 Å². The van der Waals surface area contributed by atoms with E-state index in [0.717, 1.165) is 32.5 Å². The zero-order valence-electron chi connectivity index (χ0n) is 13.2. The molecule has 2 atom stereocenters. The molecule has 0 spiro atoms. The van der Waals surface area contributed by atoms with Gasteiger partial charge in [0.15, 0.2) is 0 Å². The van der Waals surface area contributed by atoms with Gasteiger partial charge in [-0.3, -0.25) is 14.6 Å². The fourth-order valence-corrected chi connectivity index (χ4v) is 4.32. The zero-order chi connectivity index (χ0) is 14.9. The molecular weight excluding hydrogens is 266 g/mol. The number of fused-ring (bicyclic) bond motifs is 1. The van der Waals surface area contributed by atoms with Crippen molar-refractivity contribution in [3.05, 3.63) is 0 Å². The summed E-state index contributed by atoms with van der Waals surface area (Å²) in [7, 11) is 0. The third kappa shape index (κ3) is 3.10. The van der Waals surface area contributed by atoms with Crippen molar-refractivity contribution in [3.63, 3.8) is 0 Å². The molecule has 0 bridgehead atoms. The summed E-state index contributed by atoms with van der Waals surface area (Å²) in [5.74, 6) is -0.336. The first-order valence-electron chi connectivity index (χ1n) is 8.60. The SMILES string of the molecule is CCNC(CN1CCCN2CCCC2C1)(C(=O)O)C1CC1. The lowest BCUT2D eigenvalue weighted by Gasteiger charge is -2.36. The lowest BCUT2D eigenvalue weighted by atomic mass is 9.92. The number of hydrogen-bond acceptors (Lipinski definition) is 4. The first-order valence-corrected chi connectivity index (χ1v) is 8.60. The topological polar surface area (TPSA) is 55.8 Å². The quantitative estimate of drug-likeness (QED) is 0.766. The van der Waals surface area contributed by atoms with Gasteiger partial charge in [0.1, 0.15) is 5.54 Å². The minimum Gasteiger partial charge on any atom is -0.480 e. The number of nitrogens with one attached hydrogen (secondary N) is 1. The highest BCUT2D eigenvalue weighted by Crippen LogP contribution is 2.40. The van der Waals surface area contributed by atoms with Crippen molar-refractivity contribution in [2.45, 2.75) is 50.6 Å². The smallest absolute Gasteiger partial charge is 0.325 e. The summed E-state index contributed by atoms with van der Waals surface area (Å²) in [5, 5.41) is 13.2. The van der Waals surface area contributed by atoms with E-state index < -0.39 is 11.5 Å². The molecule has 0 radical (unpaired) electrons. The highest BCUT2D eigenvalue weighted by atomic mass is 16.4. The second kappa shape index (κ2) is 6.23. The Balaban J connectivity index is 1.70. The molecule has 3 aliphatic rings. The molecule has 0 aromatic heterocycles. The van der Waals surface area contributed by atoms with Crippen molar-refractivity contribution in [2.75, 3.05) is 39.3 Å². The molecule has 1 aliphatic carbocycles.